The molecule has 1 unspecified atom stereocenters. The summed E-state index contributed by atoms with van der Waals surface area (Å²) in [6.45, 7) is 10.2. The van der Waals surface area contributed by atoms with Crippen molar-refractivity contribution in [1.29, 1.82) is 0 Å². The molecule has 0 bridgehead atoms. The molecule has 21 heavy (non-hydrogen) atoms. The molecule has 0 aliphatic heterocycles. The summed E-state index contributed by atoms with van der Waals surface area (Å²) in [5.41, 5.74) is 1.44. The molecule has 0 aromatic heterocycles. The second-order valence-electron chi connectivity index (χ2n) is 6.51. The first kappa shape index (κ1) is 16.5. The third-order valence-corrected chi connectivity index (χ3v) is 5.05. The minimum absolute atomic E-state index is 0.501. The summed E-state index contributed by atoms with van der Waals surface area (Å²) < 4.78 is 0. The summed E-state index contributed by atoms with van der Waals surface area (Å²) in [7, 11) is 0. The predicted molar refractivity (Wildman–Crippen MR) is 91.5 cm³/mol. The second kappa shape index (κ2) is 8.55. The number of benzene rings is 1. The summed E-state index contributed by atoms with van der Waals surface area (Å²) in [6, 6.07) is 12.2. The van der Waals surface area contributed by atoms with Gasteiger partial charge in [-0.1, -0.05) is 51.1 Å². The first-order valence-corrected chi connectivity index (χ1v) is 8.77. The maximum Gasteiger partial charge on any atom is 0.0472 e. The second-order valence-corrected chi connectivity index (χ2v) is 6.51. The van der Waals surface area contributed by atoms with Gasteiger partial charge in [0.2, 0.25) is 0 Å². The van der Waals surface area contributed by atoms with E-state index in [1.165, 1.54) is 31.2 Å². The normalized spacial score (nSPS) is 24.2. The third-order valence-electron chi connectivity index (χ3n) is 5.05. The van der Waals surface area contributed by atoms with E-state index in [0.29, 0.717) is 6.04 Å². The highest BCUT2D eigenvalue weighted by atomic mass is 15.2. The van der Waals surface area contributed by atoms with Crippen LogP contribution in [0.1, 0.15) is 58.1 Å². The smallest absolute Gasteiger partial charge is 0.0472 e. The van der Waals surface area contributed by atoms with E-state index in [-0.39, 0.29) is 0 Å². The maximum atomic E-state index is 3.85. The standard InChI is InChI=1S/C19H32N2/c1-4-21(5-2)19(17-9-7-6-8-10-17)15-20-18-13-11-16(3)12-14-18/h6-10,16,18-20H,4-5,11-15H2,1-3H3. The molecule has 1 atom stereocenters. The molecule has 0 amide bonds. The highest BCUT2D eigenvalue weighted by Crippen LogP contribution is 2.25. The van der Waals surface area contributed by atoms with E-state index in [2.05, 4.69) is 61.3 Å². The molecule has 0 heterocycles. The fourth-order valence-electron chi connectivity index (χ4n) is 3.54. The van der Waals surface area contributed by atoms with Gasteiger partial charge in [0.05, 0.1) is 0 Å². The lowest BCUT2D eigenvalue weighted by Gasteiger charge is -2.33. The van der Waals surface area contributed by atoms with Crippen molar-refractivity contribution in [1.82, 2.24) is 10.2 Å². The van der Waals surface area contributed by atoms with Crippen LogP contribution in [0.4, 0.5) is 0 Å². The largest absolute Gasteiger partial charge is 0.312 e. The van der Waals surface area contributed by atoms with Crippen LogP contribution in [0.15, 0.2) is 30.3 Å². The van der Waals surface area contributed by atoms with Crippen LogP contribution in [-0.2, 0) is 0 Å². The Labute approximate surface area is 130 Å². The van der Waals surface area contributed by atoms with Crippen molar-refractivity contribution in [2.45, 2.75) is 58.5 Å². The Morgan fingerprint density at radius 3 is 2.24 bits per heavy atom. The Kier molecular flexibility index (Phi) is 6.72. The number of hydrogen-bond donors (Lipinski definition) is 1. The van der Waals surface area contributed by atoms with Gasteiger partial charge in [-0.3, -0.25) is 4.90 Å². The summed E-state index contributed by atoms with van der Waals surface area (Å²) in [6.07, 6.45) is 5.47. The maximum absolute atomic E-state index is 3.85. The van der Waals surface area contributed by atoms with Crippen LogP contribution in [0, 0.1) is 5.92 Å². The minimum Gasteiger partial charge on any atom is -0.312 e. The lowest BCUT2D eigenvalue weighted by Crippen LogP contribution is -2.41. The molecular weight excluding hydrogens is 256 g/mol. The quantitative estimate of drug-likeness (QED) is 0.807. The molecule has 1 saturated carbocycles. The first-order valence-electron chi connectivity index (χ1n) is 8.77. The Hall–Kier alpha value is -0.860. The van der Waals surface area contributed by atoms with Gasteiger partial charge in [0.1, 0.15) is 0 Å². The minimum atomic E-state index is 0.501. The lowest BCUT2D eigenvalue weighted by atomic mass is 9.87. The molecule has 2 nitrogen and oxygen atoms in total. The molecule has 1 aliphatic carbocycles. The van der Waals surface area contributed by atoms with Crippen LogP contribution in [-0.4, -0.2) is 30.6 Å². The fourth-order valence-corrected chi connectivity index (χ4v) is 3.54. The summed E-state index contributed by atoms with van der Waals surface area (Å²) in [4.78, 5) is 2.56. The summed E-state index contributed by atoms with van der Waals surface area (Å²) in [5.74, 6) is 0.927. The van der Waals surface area contributed by atoms with E-state index >= 15 is 0 Å². The highest BCUT2D eigenvalue weighted by molar-refractivity contribution is 5.19. The van der Waals surface area contributed by atoms with Gasteiger partial charge in [-0.05, 0) is 50.3 Å². The van der Waals surface area contributed by atoms with Gasteiger partial charge in [-0.15, -0.1) is 0 Å². The van der Waals surface area contributed by atoms with E-state index in [1.807, 2.05) is 0 Å². The molecule has 0 spiro atoms. The van der Waals surface area contributed by atoms with E-state index < -0.39 is 0 Å². The van der Waals surface area contributed by atoms with Crippen LogP contribution in [0.5, 0.6) is 0 Å². The van der Waals surface area contributed by atoms with Crippen molar-refractivity contribution in [2.24, 2.45) is 5.92 Å². The molecule has 1 aromatic carbocycles. The average molecular weight is 288 g/mol. The van der Waals surface area contributed by atoms with Gasteiger partial charge in [-0.2, -0.15) is 0 Å². The van der Waals surface area contributed by atoms with Crippen LogP contribution >= 0.6 is 0 Å². The van der Waals surface area contributed by atoms with Crippen molar-refractivity contribution in [3.05, 3.63) is 35.9 Å². The topological polar surface area (TPSA) is 15.3 Å². The Bertz CT molecular complexity index is 378. The Morgan fingerprint density at radius 2 is 1.67 bits per heavy atom. The van der Waals surface area contributed by atoms with Gasteiger partial charge in [0.25, 0.3) is 0 Å². The number of rotatable bonds is 7. The SMILES string of the molecule is CCN(CC)C(CNC1CCC(C)CC1)c1ccccc1. The number of hydrogen-bond acceptors (Lipinski definition) is 2. The zero-order chi connectivity index (χ0) is 15.1. The monoisotopic (exact) mass is 288 g/mol. The molecule has 0 radical (unpaired) electrons. The first-order chi connectivity index (χ1) is 10.2. The number of nitrogens with one attached hydrogen (secondary N) is 1. The fraction of sp³-hybridized carbons (Fsp3) is 0.684. The van der Waals surface area contributed by atoms with E-state index in [0.717, 1.165) is 31.6 Å². The van der Waals surface area contributed by atoms with Crippen LogP contribution in [0.25, 0.3) is 0 Å². The average Bonchev–Trinajstić information content (AvgIpc) is 2.54. The van der Waals surface area contributed by atoms with Crippen molar-refractivity contribution >= 4 is 0 Å². The Morgan fingerprint density at radius 1 is 1.05 bits per heavy atom. The molecule has 1 N–H and O–H groups in total. The summed E-state index contributed by atoms with van der Waals surface area (Å²) in [5, 5.41) is 3.85. The van der Waals surface area contributed by atoms with Gasteiger partial charge >= 0.3 is 0 Å². The molecule has 1 aliphatic rings. The van der Waals surface area contributed by atoms with Gasteiger partial charge < -0.3 is 5.32 Å². The highest BCUT2D eigenvalue weighted by Gasteiger charge is 2.22. The van der Waals surface area contributed by atoms with Crippen molar-refractivity contribution in [3.8, 4) is 0 Å². The van der Waals surface area contributed by atoms with Crippen LogP contribution in [0.2, 0.25) is 0 Å². The van der Waals surface area contributed by atoms with Crippen LogP contribution in [0.3, 0.4) is 0 Å². The molecule has 1 aromatic rings. The van der Waals surface area contributed by atoms with Gasteiger partial charge in [-0.25, -0.2) is 0 Å². The molecule has 0 saturated heterocycles. The lowest BCUT2D eigenvalue weighted by molar-refractivity contribution is 0.199. The van der Waals surface area contributed by atoms with E-state index in [1.54, 1.807) is 0 Å². The van der Waals surface area contributed by atoms with Gasteiger partial charge in [0, 0.05) is 18.6 Å². The molecule has 1 fully saturated rings. The predicted octanol–water partition coefficient (Wildman–Crippen LogP) is 4.24. The zero-order valence-electron chi connectivity index (χ0n) is 14.0. The van der Waals surface area contributed by atoms with Crippen molar-refractivity contribution in [2.75, 3.05) is 19.6 Å². The zero-order valence-corrected chi connectivity index (χ0v) is 14.0. The number of likely N-dealkylation sites (N-methyl/N-ethyl adjacent to an activating group) is 1. The van der Waals surface area contributed by atoms with Crippen molar-refractivity contribution in [3.63, 3.8) is 0 Å². The molecule has 118 valence electrons. The van der Waals surface area contributed by atoms with Crippen molar-refractivity contribution < 1.29 is 0 Å². The van der Waals surface area contributed by atoms with Gasteiger partial charge in [0.15, 0.2) is 0 Å². The Balaban J connectivity index is 1.96. The molecular formula is C19H32N2. The summed E-state index contributed by atoms with van der Waals surface area (Å²) >= 11 is 0. The number of nitrogens with zero attached hydrogens (tertiary/aromatic N) is 1. The molecule has 2 heteroatoms. The third kappa shape index (κ3) is 4.82. The molecule has 2 rings (SSSR count). The van der Waals surface area contributed by atoms with E-state index in [9.17, 15) is 0 Å². The van der Waals surface area contributed by atoms with Crippen LogP contribution < -0.4 is 5.32 Å². The van der Waals surface area contributed by atoms with E-state index in [4.69, 9.17) is 0 Å².